The lowest BCUT2D eigenvalue weighted by Crippen LogP contribution is -2.00. The van der Waals surface area contributed by atoms with Crippen LogP contribution in [0.3, 0.4) is 0 Å². The first-order valence-electron chi connectivity index (χ1n) is 4.93. The summed E-state index contributed by atoms with van der Waals surface area (Å²) in [5.41, 5.74) is 2.20. The van der Waals surface area contributed by atoms with Crippen LogP contribution in [0.25, 0.3) is 10.6 Å². The lowest BCUT2D eigenvalue weighted by atomic mass is 10.2. The van der Waals surface area contributed by atoms with Crippen molar-refractivity contribution in [3.63, 3.8) is 0 Å². The molecule has 2 rings (SSSR count). The molecule has 4 heteroatoms. The van der Waals surface area contributed by atoms with Crippen molar-refractivity contribution >= 4 is 17.2 Å². The summed E-state index contributed by atoms with van der Waals surface area (Å²) in [5.74, 6) is 0.829. The van der Waals surface area contributed by atoms with Crippen LogP contribution in [0.15, 0.2) is 23.6 Å². The molecule has 2 aromatic rings. The van der Waals surface area contributed by atoms with Gasteiger partial charge in [-0.1, -0.05) is 0 Å². The summed E-state index contributed by atoms with van der Waals surface area (Å²) in [6.07, 6.45) is 0. The van der Waals surface area contributed by atoms with Crippen molar-refractivity contribution in [2.24, 2.45) is 0 Å². The highest BCUT2D eigenvalue weighted by Gasteiger charge is 2.05. The van der Waals surface area contributed by atoms with Gasteiger partial charge in [0.15, 0.2) is 0 Å². The molecule has 0 radical (unpaired) electrons. The molecule has 15 heavy (non-hydrogen) atoms. The van der Waals surface area contributed by atoms with Crippen LogP contribution in [0.1, 0.15) is 12.5 Å². The van der Waals surface area contributed by atoms with E-state index in [-0.39, 0.29) is 0 Å². The molecule has 0 aromatic carbocycles. The van der Waals surface area contributed by atoms with Crippen molar-refractivity contribution in [2.75, 3.05) is 11.9 Å². The molecule has 0 amide bonds. The lowest BCUT2D eigenvalue weighted by Gasteiger charge is -2.02. The van der Waals surface area contributed by atoms with Crippen LogP contribution in [0.4, 0.5) is 5.82 Å². The Morgan fingerprint density at radius 3 is 2.67 bits per heavy atom. The van der Waals surface area contributed by atoms with Crippen molar-refractivity contribution in [1.82, 2.24) is 10.2 Å². The van der Waals surface area contributed by atoms with Gasteiger partial charge in [-0.2, -0.15) is 0 Å². The van der Waals surface area contributed by atoms with E-state index < -0.39 is 0 Å². The Bertz CT molecular complexity index is 433. The smallest absolute Gasteiger partial charge is 0.148 e. The maximum absolute atomic E-state index is 4.20. The van der Waals surface area contributed by atoms with Gasteiger partial charge in [0, 0.05) is 6.54 Å². The number of hydrogen-bond donors (Lipinski definition) is 1. The van der Waals surface area contributed by atoms with E-state index in [0.717, 1.165) is 18.1 Å². The largest absolute Gasteiger partial charge is 0.369 e. The van der Waals surface area contributed by atoms with E-state index in [1.807, 2.05) is 19.1 Å². The Labute approximate surface area is 93.2 Å². The highest BCUT2D eigenvalue weighted by Crippen LogP contribution is 2.26. The van der Waals surface area contributed by atoms with Crippen LogP contribution in [-0.2, 0) is 0 Å². The fraction of sp³-hybridized carbons (Fsp3) is 0.273. The molecule has 2 heterocycles. The van der Waals surface area contributed by atoms with Gasteiger partial charge in [-0.15, -0.1) is 21.5 Å². The number of hydrogen-bond acceptors (Lipinski definition) is 4. The average Bonchev–Trinajstić information content (AvgIpc) is 2.66. The predicted octanol–water partition coefficient (Wildman–Crippen LogP) is 2.95. The minimum absolute atomic E-state index is 0.829. The first kappa shape index (κ1) is 10.1. The summed E-state index contributed by atoms with van der Waals surface area (Å²) in [6, 6.07) is 6.06. The lowest BCUT2D eigenvalue weighted by molar-refractivity contribution is 1.02. The van der Waals surface area contributed by atoms with Crippen LogP contribution in [0, 0.1) is 6.92 Å². The number of rotatable bonds is 3. The van der Waals surface area contributed by atoms with Gasteiger partial charge in [0.2, 0.25) is 0 Å². The SMILES string of the molecule is CCNc1ccc(-c2sccc2C)nn1. The number of aromatic nitrogens is 2. The Morgan fingerprint density at radius 2 is 2.13 bits per heavy atom. The second kappa shape index (κ2) is 4.40. The predicted molar refractivity (Wildman–Crippen MR) is 64.2 cm³/mol. The van der Waals surface area contributed by atoms with Crippen LogP contribution in [-0.4, -0.2) is 16.7 Å². The van der Waals surface area contributed by atoms with E-state index in [4.69, 9.17) is 0 Å². The van der Waals surface area contributed by atoms with Crippen molar-refractivity contribution in [2.45, 2.75) is 13.8 Å². The Morgan fingerprint density at radius 1 is 1.27 bits per heavy atom. The Balaban J connectivity index is 2.28. The molecular formula is C11H13N3S. The highest BCUT2D eigenvalue weighted by atomic mass is 32.1. The highest BCUT2D eigenvalue weighted by molar-refractivity contribution is 7.13. The quantitative estimate of drug-likeness (QED) is 0.862. The van der Waals surface area contributed by atoms with Gasteiger partial charge < -0.3 is 5.32 Å². The average molecular weight is 219 g/mol. The van der Waals surface area contributed by atoms with E-state index in [2.05, 4.69) is 33.9 Å². The second-order valence-corrected chi connectivity index (χ2v) is 4.18. The number of anilines is 1. The Kier molecular flexibility index (Phi) is 2.97. The van der Waals surface area contributed by atoms with Crippen LogP contribution < -0.4 is 5.32 Å². The monoisotopic (exact) mass is 219 g/mol. The van der Waals surface area contributed by atoms with E-state index in [0.29, 0.717) is 0 Å². The molecule has 0 spiro atoms. The van der Waals surface area contributed by atoms with Gasteiger partial charge in [0.25, 0.3) is 0 Å². The second-order valence-electron chi connectivity index (χ2n) is 3.27. The Hall–Kier alpha value is -1.42. The van der Waals surface area contributed by atoms with Gasteiger partial charge in [-0.25, -0.2) is 0 Å². The number of thiophene rings is 1. The maximum Gasteiger partial charge on any atom is 0.148 e. The first-order chi connectivity index (χ1) is 7.31. The van der Waals surface area contributed by atoms with Crippen LogP contribution in [0.2, 0.25) is 0 Å². The number of nitrogens with one attached hydrogen (secondary N) is 1. The summed E-state index contributed by atoms with van der Waals surface area (Å²) in [7, 11) is 0. The summed E-state index contributed by atoms with van der Waals surface area (Å²) in [6.45, 7) is 5.00. The molecule has 1 N–H and O–H groups in total. The van der Waals surface area contributed by atoms with Gasteiger partial charge >= 0.3 is 0 Å². The van der Waals surface area contributed by atoms with Gasteiger partial charge in [0.1, 0.15) is 11.5 Å². The molecule has 0 saturated heterocycles. The molecule has 3 nitrogen and oxygen atoms in total. The molecule has 0 aliphatic carbocycles. The molecule has 2 aromatic heterocycles. The molecule has 0 atom stereocenters. The molecule has 0 bridgehead atoms. The standard InChI is InChI=1S/C11H13N3S/c1-3-12-10-5-4-9(13-14-10)11-8(2)6-7-15-11/h4-7H,3H2,1-2H3,(H,12,14). The fourth-order valence-electron chi connectivity index (χ4n) is 1.36. The fourth-order valence-corrected chi connectivity index (χ4v) is 2.26. The normalized spacial score (nSPS) is 10.3. The molecule has 78 valence electrons. The number of nitrogens with zero attached hydrogens (tertiary/aromatic N) is 2. The minimum Gasteiger partial charge on any atom is -0.369 e. The minimum atomic E-state index is 0.829. The van der Waals surface area contributed by atoms with E-state index in [9.17, 15) is 0 Å². The third-order valence-corrected chi connectivity index (χ3v) is 3.16. The molecule has 0 unspecified atom stereocenters. The third-order valence-electron chi connectivity index (χ3n) is 2.12. The zero-order valence-corrected chi connectivity index (χ0v) is 9.64. The van der Waals surface area contributed by atoms with Gasteiger partial charge in [-0.3, -0.25) is 0 Å². The van der Waals surface area contributed by atoms with E-state index in [1.54, 1.807) is 11.3 Å². The summed E-state index contributed by atoms with van der Waals surface area (Å²) >= 11 is 1.70. The topological polar surface area (TPSA) is 37.8 Å². The van der Waals surface area contributed by atoms with Gasteiger partial charge in [-0.05, 0) is 43.0 Å². The zero-order valence-electron chi connectivity index (χ0n) is 8.82. The van der Waals surface area contributed by atoms with E-state index in [1.165, 1.54) is 10.4 Å². The zero-order chi connectivity index (χ0) is 10.7. The van der Waals surface area contributed by atoms with Crippen molar-refractivity contribution in [1.29, 1.82) is 0 Å². The van der Waals surface area contributed by atoms with Crippen molar-refractivity contribution < 1.29 is 0 Å². The van der Waals surface area contributed by atoms with Crippen molar-refractivity contribution in [3.05, 3.63) is 29.1 Å². The van der Waals surface area contributed by atoms with Crippen LogP contribution >= 0.6 is 11.3 Å². The molecule has 0 aliphatic heterocycles. The summed E-state index contributed by atoms with van der Waals surface area (Å²) in [5, 5.41) is 13.5. The molecular weight excluding hydrogens is 206 g/mol. The number of aryl methyl sites for hydroxylation is 1. The van der Waals surface area contributed by atoms with Crippen LogP contribution in [0.5, 0.6) is 0 Å². The van der Waals surface area contributed by atoms with E-state index >= 15 is 0 Å². The molecule has 0 aliphatic rings. The van der Waals surface area contributed by atoms with Crippen molar-refractivity contribution in [3.8, 4) is 10.6 Å². The molecule has 0 saturated carbocycles. The summed E-state index contributed by atoms with van der Waals surface area (Å²) < 4.78 is 0. The molecule has 0 fully saturated rings. The third kappa shape index (κ3) is 2.15. The summed E-state index contributed by atoms with van der Waals surface area (Å²) in [4.78, 5) is 1.20. The first-order valence-corrected chi connectivity index (χ1v) is 5.81. The maximum atomic E-state index is 4.20. The van der Waals surface area contributed by atoms with Gasteiger partial charge in [0.05, 0.1) is 4.88 Å².